The Morgan fingerprint density at radius 1 is 1.38 bits per heavy atom. The number of hydrogen-bond acceptors (Lipinski definition) is 2. The lowest BCUT2D eigenvalue weighted by molar-refractivity contribution is 0.463. The maximum atomic E-state index is 9.48. The van der Waals surface area contributed by atoms with Gasteiger partial charge in [-0.2, -0.15) is 0 Å². The molecule has 0 spiro atoms. The number of aryl methyl sites for hydroxylation is 1. The standard InChI is InChI=1S/C11H17NO/c1-9(12-2)7-8-10-5-3-4-6-11(10)13/h3-6,9,12-13H,7-8H2,1-2H3. The smallest absolute Gasteiger partial charge is 0.118 e. The van der Waals surface area contributed by atoms with E-state index in [1.54, 1.807) is 6.07 Å². The summed E-state index contributed by atoms with van der Waals surface area (Å²) in [6, 6.07) is 8.01. The van der Waals surface area contributed by atoms with Crippen LogP contribution in [0.3, 0.4) is 0 Å². The molecular weight excluding hydrogens is 162 g/mol. The van der Waals surface area contributed by atoms with Crippen molar-refractivity contribution in [3.05, 3.63) is 29.8 Å². The van der Waals surface area contributed by atoms with Crippen LogP contribution in [0.2, 0.25) is 0 Å². The molecule has 2 heteroatoms. The number of benzene rings is 1. The van der Waals surface area contributed by atoms with E-state index in [2.05, 4.69) is 12.2 Å². The summed E-state index contributed by atoms with van der Waals surface area (Å²) in [5, 5.41) is 12.6. The number of rotatable bonds is 4. The van der Waals surface area contributed by atoms with Gasteiger partial charge in [-0.25, -0.2) is 0 Å². The number of para-hydroxylation sites is 1. The van der Waals surface area contributed by atoms with Crippen LogP contribution in [0, 0.1) is 0 Å². The molecule has 13 heavy (non-hydrogen) atoms. The molecule has 0 aliphatic rings. The molecule has 2 nitrogen and oxygen atoms in total. The largest absolute Gasteiger partial charge is 0.508 e. The van der Waals surface area contributed by atoms with Crippen molar-refractivity contribution in [2.45, 2.75) is 25.8 Å². The molecule has 72 valence electrons. The normalized spacial score (nSPS) is 12.8. The average Bonchev–Trinajstić information content (AvgIpc) is 2.16. The predicted octanol–water partition coefficient (Wildman–Crippen LogP) is 1.93. The SMILES string of the molecule is CNC(C)CCc1ccccc1O. The molecule has 1 atom stereocenters. The van der Waals surface area contributed by atoms with E-state index >= 15 is 0 Å². The van der Waals surface area contributed by atoms with Gasteiger partial charge in [0.15, 0.2) is 0 Å². The van der Waals surface area contributed by atoms with Gasteiger partial charge in [0, 0.05) is 6.04 Å². The fraction of sp³-hybridized carbons (Fsp3) is 0.455. The minimum atomic E-state index is 0.408. The summed E-state index contributed by atoms with van der Waals surface area (Å²) in [6.07, 6.45) is 1.97. The Balaban J connectivity index is 2.50. The minimum Gasteiger partial charge on any atom is -0.508 e. The van der Waals surface area contributed by atoms with Gasteiger partial charge in [-0.15, -0.1) is 0 Å². The maximum absolute atomic E-state index is 9.48. The summed E-state index contributed by atoms with van der Waals surface area (Å²) in [4.78, 5) is 0. The molecular formula is C11H17NO. The molecule has 0 radical (unpaired) electrons. The summed E-state index contributed by atoms with van der Waals surface area (Å²) in [5.74, 6) is 0.408. The van der Waals surface area contributed by atoms with E-state index in [0.717, 1.165) is 18.4 Å². The van der Waals surface area contributed by atoms with Crippen LogP contribution in [0.4, 0.5) is 0 Å². The number of phenolic OH excluding ortho intramolecular Hbond substituents is 1. The van der Waals surface area contributed by atoms with Crippen LogP contribution in [0.1, 0.15) is 18.9 Å². The lowest BCUT2D eigenvalue weighted by atomic mass is 10.1. The molecule has 0 amide bonds. The van der Waals surface area contributed by atoms with Crippen LogP contribution < -0.4 is 5.32 Å². The summed E-state index contributed by atoms with van der Waals surface area (Å²) in [7, 11) is 1.95. The fourth-order valence-electron chi connectivity index (χ4n) is 1.24. The Morgan fingerprint density at radius 3 is 2.69 bits per heavy atom. The number of hydrogen-bond donors (Lipinski definition) is 2. The zero-order valence-corrected chi connectivity index (χ0v) is 8.25. The van der Waals surface area contributed by atoms with E-state index < -0.39 is 0 Å². The molecule has 2 N–H and O–H groups in total. The Morgan fingerprint density at radius 2 is 2.08 bits per heavy atom. The van der Waals surface area contributed by atoms with Crippen LogP contribution in [-0.4, -0.2) is 18.2 Å². The first kappa shape index (κ1) is 10.1. The highest BCUT2D eigenvalue weighted by Crippen LogP contribution is 2.17. The van der Waals surface area contributed by atoms with Crippen molar-refractivity contribution in [3.63, 3.8) is 0 Å². The molecule has 0 aliphatic carbocycles. The molecule has 0 saturated heterocycles. The third kappa shape index (κ3) is 3.07. The van der Waals surface area contributed by atoms with Gasteiger partial charge in [0.05, 0.1) is 0 Å². The summed E-state index contributed by atoms with van der Waals surface area (Å²) < 4.78 is 0. The molecule has 0 bridgehead atoms. The van der Waals surface area contributed by atoms with Crippen molar-refractivity contribution in [1.29, 1.82) is 0 Å². The Labute approximate surface area is 79.6 Å². The minimum absolute atomic E-state index is 0.408. The second-order valence-corrected chi connectivity index (χ2v) is 3.36. The predicted molar refractivity (Wildman–Crippen MR) is 54.9 cm³/mol. The Kier molecular flexibility index (Phi) is 3.77. The van der Waals surface area contributed by atoms with Crippen LogP contribution in [0.5, 0.6) is 5.75 Å². The number of phenols is 1. The van der Waals surface area contributed by atoms with Gasteiger partial charge in [0.25, 0.3) is 0 Å². The molecule has 0 fully saturated rings. The first-order chi connectivity index (χ1) is 6.24. The van der Waals surface area contributed by atoms with Crippen molar-refractivity contribution in [1.82, 2.24) is 5.32 Å². The zero-order valence-electron chi connectivity index (χ0n) is 8.25. The zero-order chi connectivity index (χ0) is 9.68. The molecule has 0 heterocycles. The number of aromatic hydroxyl groups is 1. The highest BCUT2D eigenvalue weighted by Gasteiger charge is 2.02. The van der Waals surface area contributed by atoms with E-state index in [9.17, 15) is 5.11 Å². The summed E-state index contributed by atoms with van der Waals surface area (Å²) >= 11 is 0. The fourth-order valence-corrected chi connectivity index (χ4v) is 1.24. The Hall–Kier alpha value is -1.02. The molecule has 0 saturated carbocycles. The van der Waals surface area contributed by atoms with Crippen LogP contribution in [-0.2, 0) is 6.42 Å². The van der Waals surface area contributed by atoms with Crippen molar-refractivity contribution in [2.24, 2.45) is 0 Å². The van der Waals surface area contributed by atoms with Crippen molar-refractivity contribution in [2.75, 3.05) is 7.05 Å². The topological polar surface area (TPSA) is 32.3 Å². The first-order valence-electron chi connectivity index (χ1n) is 4.68. The van der Waals surface area contributed by atoms with E-state index in [0.29, 0.717) is 11.8 Å². The van der Waals surface area contributed by atoms with Crippen LogP contribution in [0.15, 0.2) is 24.3 Å². The van der Waals surface area contributed by atoms with Crippen LogP contribution >= 0.6 is 0 Å². The first-order valence-corrected chi connectivity index (χ1v) is 4.68. The summed E-state index contributed by atoms with van der Waals surface area (Å²) in [6.45, 7) is 2.14. The quantitative estimate of drug-likeness (QED) is 0.740. The molecule has 1 aromatic carbocycles. The van der Waals surface area contributed by atoms with E-state index in [1.165, 1.54) is 0 Å². The van der Waals surface area contributed by atoms with E-state index in [4.69, 9.17) is 0 Å². The maximum Gasteiger partial charge on any atom is 0.118 e. The highest BCUT2D eigenvalue weighted by molar-refractivity contribution is 5.31. The van der Waals surface area contributed by atoms with Gasteiger partial charge >= 0.3 is 0 Å². The third-order valence-corrected chi connectivity index (χ3v) is 2.33. The van der Waals surface area contributed by atoms with E-state index in [1.807, 2.05) is 25.2 Å². The monoisotopic (exact) mass is 179 g/mol. The van der Waals surface area contributed by atoms with Gasteiger partial charge in [-0.05, 0) is 38.4 Å². The van der Waals surface area contributed by atoms with E-state index in [-0.39, 0.29) is 0 Å². The van der Waals surface area contributed by atoms with Crippen molar-refractivity contribution >= 4 is 0 Å². The van der Waals surface area contributed by atoms with Gasteiger partial charge in [0.2, 0.25) is 0 Å². The average molecular weight is 179 g/mol. The molecule has 1 rings (SSSR count). The highest BCUT2D eigenvalue weighted by atomic mass is 16.3. The van der Waals surface area contributed by atoms with Crippen molar-refractivity contribution < 1.29 is 5.11 Å². The number of nitrogens with one attached hydrogen (secondary N) is 1. The lowest BCUT2D eigenvalue weighted by Gasteiger charge is -2.10. The van der Waals surface area contributed by atoms with Gasteiger partial charge in [-0.3, -0.25) is 0 Å². The molecule has 1 aromatic rings. The van der Waals surface area contributed by atoms with Gasteiger partial charge in [-0.1, -0.05) is 18.2 Å². The van der Waals surface area contributed by atoms with Crippen molar-refractivity contribution in [3.8, 4) is 5.75 Å². The molecule has 0 aromatic heterocycles. The Bertz CT molecular complexity index is 260. The second-order valence-electron chi connectivity index (χ2n) is 3.36. The van der Waals surface area contributed by atoms with Gasteiger partial charge < -0.3 is 10.4 Å². The summed E-state index contributed by atoms with van der Waals surface area (Å²) in [5.41, 5.74) is 1.03. The molecule has 0 aliphatic heterocycles. The van der Waals surface area contributed by atoms with Gasteiger partial charge in [0.1, 0.15) is 5.75 Å². The molecule has 1 unspecified atom stereocenters. The second kappa shape index (κ2) is 4.87. The van der Waals surface area contributed by atoms with Crippen LogP contribution in [0.25, 0.3) is 0 Å². The lowest BCUT2D eigenvalue weighted by Crippen LogP contribution is -2.21. The third-order valence-electron chi connectivity index (χ3n) is 2.33.